The van der Waals surface area contributed by atoms with E-state index < -0.39 is 10.0 Å². The fourth-order valence-electron chi connectivity index (χ4n) is 3.82. The van der Waals surface area contributed by atoms with Crippen LogP contribution in [0.25, 0.3) is 0 Å². The summed E-state index contributed by atoms with van der Waals surface area (Å²) in [6.45, 7) is 5.93. The van der Waals surface area contributed by atoms with Gasteiger partial charge in [0.2, 0.25) is 15.9 Å². The summed E-state index contributed by atoms with van der Waals surface area (Å²) >= 11 is 0. The third-order valence-corrected chi connectivity index (χ3v) is 7.59. The van der Waals surface area contributed by atoms with Crippen LogP contribution in [0.5, 0.6) is 0 Å². The molecule has 3 rings (SSSR count). The molecule has 1 heterocycles. The summed E-state index contributed by atoms with van der Waals surface area (Å²) in [7, 11) is -3.52. The number of amides is 1. The maximum Gasteiger partial charge on any atom is 0.243 e. The van der Waals surface area contributed by atoms with E-state index in [1.807, 2.05) is 56.3 Å². The minimum Gasteiger partial charge on any atom is -0.385 e. The van der Waals surface area contributed by atoms with E-state index in [1.54, 1.807) is 6.07 Å². The van der Waals surface area contributed by atoms with Gasteiger partial charge in [-0.1, -0.05) is 35.9 Å². The van der Waals surface area contributed by atoms with Crippen molar-refractivity contribution in [2.75, 3.05) is 31.5 Å². The summed E-state index contributed by atoms with van der Waals surface area (Å²) in [6, 6.07) is 15.4. The van der Waals surface area contributed by atoms with Gasteiger partial charge in [-0.2, -0.15) is 4.31 Å². The molecule has 1 aliphatic heterocycles. The van der Waals surface area contributed by atoms with E-state index in [0.717, 1.165) is 29.8 Å². The molecule has 2 aromatic carbocycles. The fraction of sp³-hybridized carbons (Fsp3) is 0.435. The van der Waals surface area contributed by atoms with Crippen LogP contribution in [0.2, 0.25) is 0 Å². The summed E-state index contributed by atoms with van der Waals surface area (Å²) in [5.41, 5.74) is 2.88. The van der Waals surface area contributed by atoms with Crippen molar-refractivity contribution < 1.29 is 13.2 Å². The van der Waals surface area contributed by atoms with E-state index in [4.69, 9.17) is 0 Å². The van der Waals surface area contributed by atoms with Crippen molar-refractivity contribution in [2.24, 2.45) is 5.92 Å². The Morgan fingerprint density at radius 2 is 1.73 bits per heavy atom. The molecule has 1 saturated heterocycles. The van der Waals surface area contributed by atoms with Crippen LogP contribution in [0.3, 0.4) is 0 Å². The number of benzene rings is 2. The van der Waals surface area contributed by atoms with E-state index in [2.05, 4.69) is 10.6 Å². The average molecular weight is 430 g/mol. The lowest BCUT2D eigenvalue weighted by Gasteiger charge is -2.31. The smallest absolute Gasteiger partial charge is 0.243 e. The number of hydrogen-bond donors (Lipinski definition) is 2. The Morgan fingerprint density at radius 3 is 2.40 bits per heavy atom. The Morgan fingerprint density at radius 1 is 1.03 bits per heavy atom. The van der Waals surface area contributed by atoms with Gasteiger partial charge in [0.05, 0.1) is 4.90 Å². The number of aryl methyl sites for hydroxylation is 2. The van der Waals surface area contributed by atoms with Gasteiger partial charge in [0.15, 0.2) is 0 Å². The van der Waals surface area contributed by atoms with Crippen molar-refractivity contribution in [1.82, 2.24) is 9.62 Å². The number of rotatable bonds is 8. The number of piperidine rings is 1. The normalized spacial score (nSPS) is 15.7. The van der Waals surface area contributed by atoms with Crippen molar-refractivity contribution in [3.63, 3.8) is 0 Å². The van der Waals surface area contributed by atoms with Crippen LogP contribution in [0.15, 0.2) is 53.4 Å². The number of para-hydroxylation sites is 1. The molecule has 2 N–H and O–H groups in total. The number of carbonyl (C=O) groups is 1. The van der Waals surface area contributed by atoms with E-state index in [-0.39, 0.29) is 11.8 Å². The molecule has 0 bridgehead atoms. The molecule has 0 radical (unpaired) electrons. The molecule has 1 amide bonds. The van der Waals surface area contributed by atoms with Gasteiger partial charge in [0, 0.05) is 37.8 Å². The number of carbonyl (C=O) groups excluding carboxylic acids is 1. The van der Waals surface area contributed by atoms with Gasteiger partial charge >= 0.3 is 0 Å². The first-order valence-electron chi connectivity index (χ1n) is 10.5. The highest BCUT2D eigenvalue weighted by molar-refractivity contribution is 7.89. The molecule has 0 aliphatic carbocycles. The van der Waals surface area contributed by atoms with Crippen LogP contribution < -0.4 is 10.6 Å². The molecule has 1 fully saturated rings. The van der Waals surface area contributed by atoms with Crippen molar-refractivity contribution in [3.8, 4) is 0 Å². The molecule has 0 spiro atoms. The van der Waals surface area contributed by atoms with E-state index >= 15 is 0 Å². The topological polar surface area (TPSA) is 78.5 Å². The molecule has 30 heavy (non-hydrogen) atoms. The molecule has 162 valence electrons. The highest BCUT2D eigenvalue weighted by Gasteiger charge is 2.32. The summed E-state index contributed by atoms with van der Waals surface area (Å²) in [4.78, 5) is 12.8. The summed E-state index contributed by atoms with van der Waals surface area (Å²) in [5.74, 6) is -0.101. The second kappa shape index (κ2) is 10.1. The Labute approximate surface area is 179 Å². The number of sulfonamides is 1. The van der Waals surface area contributed by atoms with Crippen LogP contribution in [0.1, 0.15) is 30.4 Å². The predicted octanol–water partition coefficient (Wildman–Crippen LogP) is 3.32. The average Bonchev–Trinajstić information content (AvgIpc) is 2.74. The number of nitrogens with zero attached hydrogens (tertiary/aromatic N) is 1. The van der Waals surface area contributed by atoms with Gasteiger partial charge in [-0.05, 0) is 56.9 Å². The maximum atomic E-state index is 13.0. The second-order valence-corrected chi connectivity index (χ2v) is 9.79. The minimum atomic E-state index is -3.52. The summed E-state index contributed by atoms with van der Waals surface area (Å²) in [6.07, 6.45) is 1.94. The second-order valence-electron chi connectivity index (χ2n) is 7.88. The Balaban J connectivity index is 1.42. The quantitative estimate of drug-likeness (QED) is 0.631. The van der Waals surface area contributed by atoms with E-state index in [9.17, 15) is 13.2 Å². The highest BCUT2D eigenvalue weighted by Crippen LogP contribution is 2.26. The van der Waals surface area contributed by atoms with Crippen LogP contribution in [0.4, 0.5) is 5.69 Å². The van der Waals surface area contributed by atoms with Gasteiger partial charge in [-0.15, -0.1) is 0 Å². The van der Waals surface area contributed by atoms with E-state index in [0.29, 0.717) is 37.4 Å². The first-order valence-corrected chi connectivity index (χ1v) is 12.0. The third-order valence-electron chi connectivity index (χ3n) is 5.53. The zero-order valence-corrected chi connectivity index (χ0v) is 18.5. The molecular formula is C23H31N3O3S. The first kappa shape index (κ1) is 22.3. The maximum absolute atomic E-state index is 13.0. The largest absolute Gasteiger partial charge is 0.385 e. The molecule has 0 saturated carbocycles. The van der Waals surface area contributed by atoms with Gasteiger partial charge < -0.3 is 10.6 Å². The number of hydrogen-bond acceptors (Lipinski definition) is 4. The van der Waals surface area contributed by atoms with Crippen molar-refractivity contribution in [1.29, 1.82) is 0 Å². The molecular weight excluding hydrogens is 398 g/mol. The van der Waals surface area contributed by atoms with Crippen LogP contribution in [-0.4, -0.2) is 44.8 Å². The summed E-state index contributed by atoms with van der Waals surface area (Å²) < 4.78 is 27.5. The molecule has 0 atom stereocenters. The van der Waals surface area contributed by atoms with Crippen molar-refractivity contribution in [2.45, 2.75) is 38.0 Å². The Hall–Kier alpha value is -2.38. The fourth-order valence-corrected chi connectivity index (χ4v) is 5.49. The summed E-state index contributed by atoms with van der Waals surface area (Å²) in [5, 5.41) is 6.31. The lowest BCUT2D eigenvalue weighted by atomic mass is 9.97. The standard InChI is InChI=1S/C23H31N3O3S/c1-18-9-10-22(19(2)17-18)30(28,29)26-15-11-20(12-16-26)23(27)25-14-6-13-24-21-7-4-3-5-8-21/h3-5,7-10,17,20,24H,6,11-16H2,1-2H3,(H,25,27). The molecule has 2 aromatic rings. The van der Waals surface area contributed by atoms with Crippen molar-refractivity contribution in [3.05, 3.63) is 59.7 Å². The van der Waals surface area contributed by atoms with E-state index in [1.165, 1.54) is 4.31 Å². The third kappa shape index (κ3) is 5.61. The number of nitrogens with one attached hydrogen (secondary N) is 2. The predicted molar refractivity (Wildman–Crippen MR) is 120 cm³/mol. The minimum absolute atomic E-state index is 0.0262. The zero-order chi connectivity index (χ0) is 21.6. The molecule has 0 unspecified atom stereocenters. The van der Waals surface area contributed by atoms with Crippen molar-refractivity contribution >= 4 is 21.6 Å². The van der Waals surface area contributed by atoms with Gasteiger partial charge in [0.25, 0.3) is 0 Å². The molecule has 0 aromatic heterocycles. The SMILES string of the molecule is Cc1ccc(S(=O)(=O)N2CCC(C(=O)NCCCNc3ccccc3)CC2)c(C)c1. The lowest BCUT2D eigenvalue weighted by Crippen LogP contribution is -2.43. The molecule has 1 aliphatic rings. The lowest BCUT2D eigenvalue weighted by molar-refractivity contribution is -0.126. The van der Waals surface area contributed by atoms with Crippen LogP contribution >= 0.6 is 0 Å². The van der Waals surface area contributed by atoms with Gasteiger partial charge in [-0.3, -0.25) is 4.79 Å². The Bertz CT molecular complexity index is 953. The Kier molecular flexibility index (Phi) is 7.50. The highest BCUT2D eigenvalue weighted by atomic mass is 32.2. The molecule has 6 nitrogen and oxygen atoms in total. The first-order chi connectivity index (χ1) is 14.4. The van der Waals surface area contributed by atoms with Crippen LogP contribution in [0, 0.1) is 19.8 Å². The number of anilines is 1. The van der Waals surface area contributed by atoms with Gasteiger partial charge in [0.1, 0.15) is 0 Å². The zero-order valence-electron chi connectivity index (χ0n) is 17.7. The monoisotopic (exact) mass is 429 g/mol. The molecule has 7 heteroatoms. The van der Waals surface area contributed by atoms with Gasteiger partial charge in [-0.25, -0.2) is 8.42 Å². The van der Waals surface area contributed by atoms with Crippen LogP contribution in [-0.2, 0) is 14.8 Å².